The Morgan fingerprint density at radius 1 is 1.32 bits per heavy atom. The Kier molecular flexibility index (Phi) is 2.71. The standard InChI is InChI=1S/C12H10N4O3/c17-8-9-6-13-16(7-9)11-3-1-2-10(14-11)15-4-5-19-12(15)18/h1-3,6-8H,4-5H2. The first-order valence-corrected chi connectivity index (χ1v) is 5.69. The fourth-order valence-electron chi connectivity index (χ4n) is 1.81. The van der Waals surface area contributed by atoms with E-state index in [1.165, 1.54) is 15.8 Å². The summed E-state index contributed by atoms with van der Waals surface area (Å²) in [4.78, 5) is 27.9. The van der Waals surface area contributed by atoms with Crippen molar-refractivity contribution in [2.75, 3.05) is 18.1 Å². The van der Waals surface area contributed by atoms with Crippen LogP contribution in [0.15, 0.2) is 30.6 Å². The van der Waals surface area contributed by atoms with Gasteiger partial charge in [-0.1, -0.05) is 6.07 Å². The summed E-state index contributed by atoms with van der Waals surface area (Å²) in [5.74, 6) is 1.04. The second kappa shape index (κ2) is 4.52. The van der Waals surface area contributed by atoms with Gasteiger partial charge in [-0.15, -0.1) is 0 Å². The molecule has 7 heteroatoms. The van der Waals surface area contributed by atoms with Gasteiger partial charge >= 0.3 is 6.09 Å². The first-order valence-electron chi connectivity index (χ1n) is 5.69. The fraction of sp³-hybridized carbons (Fsp3) is 0.167. The summed E-state index contributed by atoms with van der Waals surface area (Å²) in [6.07, 6.45) is 3.33. The van der Waals surface area contributed by atoms with E-state index in [9.17, 15) is 9.59 Å². The van der Waals surface area contributed by atoms with Crippen molar-refractivity contribution in [2.24, 2.45) is 0 Å². The summed E-state index contributed by atoms with van der Waals surface area (Å²) in [5.41, 5.74) is 0.466. The minimum Gasteiger partial charge on any atom is -0.447 e. The largest absolute Gasteiger partial charge is 0.447 e. The SMILES string of the molecule is O=Cc1cnn(-c2cccc(N3CCOC3=O)n2)c1. The second-order valence-corrected chi connectivity index (χ2v) is 3.96. The van der Waals surface area contributed by atoms with Crippen LogP contribution in [0.5, 0.6) is 0 Å². The lowest BCUT2D eigenvalue weighted by Gasteiger charge is -2.12. The zero-order chi connectivity index (χ0) is 13.2. The molecule has 3 rings (SSSR count). The van der Waals surface area contributed by atoms with Gasteiger partial charge in [-0.25, -0.2) is 14.5 Å². The lowest BCUT2D eigenvalue weighted by atomic mass is 10.4. The highest BCUT2D eigenvalue weighted by atomic mass is 16.6. The highest BCUT2D eigenvalue weighted by Gasteiger charge is 2.24. The maximum atomic E-state index is 11.5. The average Bonchev–Trinajstić information content (AvgIpc) is 3.07. The molecule has 1 saturated heterocycles. The molecule has 0 N–H and O–H groups in total. The molecule has 0 aliphatic carbocycles. The van der Waals surface area contributed by atoms with Crippen LogP contribution in [0, 0.1) is 0 Å². The second-order valence-electron chi connectivity index (χ2n) is 3.96. The van der Waals surface area contributed by atoms with Crippen LogP contribution < -0.4 is 4.90 Å². The zero-order valence-electron chi connectivity index (χ0n) is 9.89. The number of cyclic esters (lactones) is 1. The van der Waals surface area contributed by atoms with E-state index in [0.29, 0.717) is 36.6 Å². The van der Waals surface area contributed by atoms with E-state index in [-0.39, 0.29) is 0 Å². The van der Waals surface area contributed by atoms with E-state index >= 15 is 0 Å². The van der Waals surface area contributed by atoms with Gasteiger partial charge in [0.05, 0.1) is 18.3 Å². The Balaban J connectivity index is 1.95. The summed E-state index contributed by atoms with van der Waals surface area (Å²) in [6, 6.07) is 5.23. The highest BCUT2D eigenvalue weighted by molar-refractivity contribution is 5.88. The smallest absolute Gasteiger partial charge is 0.415 e. The number of rotatable bonds is 3. The summed E-state index contributed by atoms with van der Waals surface area (Å²) in [5, 5.41) is 4.03. The summed E-state index contributed by atoms with van der Waals surface area (Å²) in [6.45, 7) is 0.843. The van der Waals surface area contributed by atoms with E-state index < -0.39 is 6.09 Å². The zero-order valence-corrected chi connectivity index (χ0v) is 9.89. The van der Waals surface area contributed by atoms with Crippen molar-refractivity contribution in [3.8, 4) is 5.82 Å². The number of aromatic nitrogens is 3. The summed E-state index contributed by atoms with van der Waals surface area (Å²) >= 11 is 0. The van der Waals surface area contributed by atoms with Crippen molar-refractivity contribution in [1.29, 1.82) is 0 Å². The fourth-order valence-corrected chi connectivity index (χ4v) is 1.81. The Bertz CT molecular complexity index is 637. The van der Waals surface area contributed by atoms with Gasteiger partial charge < -0.3 is 4.74 Å². The quantitative estimate of drug-likeness (QED) is 0.768. The van der Waals surface area contributed by atoms with Crippen LogP contribution in [0.4, 0.5) is 10.6 Å². The van der Waals surface area contributed by atoms with Crippen LogP contribution in [0.25, 0.3) is 5.82 Å². The number of pyridine rings is 1. The number of hydrogen-bond acceptors (Lipinski definition) is 5. The number of nitrogens with zero attached hydrogens (tertiary/aromatic N) is 4. The number of ether oxygens (including phenoxy) is 1. The molecule has 96 valence electrons. The minimum atomic E-state index is -0.404. The van der Waals surface area contributed by atoms with Crippen molar-refractivity contribution in [2.45, 2.75) is 0 Å². The van der Waals surface area contributed by atoms with Gasteiger partial charge in [0.15, 0.2) is 12.1 Å². The molecule has 1 aliphatic heterocycles. The van der Waals surface area contributed by atoms with Crippen LogP contribution >= 0.6 is 0 Å². The summed E-state index contributed by atoms with van der Waals surface area (Å²) < 4.78 is 6.35. The van der Waals surface area contributed by atoms with Crippen molar-refractivity contribution >= 4 is 18.2 Å². The molecule has 7 nitrogen and oxygen atoms in total. The van der Waals surface area contributed by atoms with Crippen molar-refractivity contribution in [1.82, 2.24) is 14.8 Å². The molecular weight excluding hydrogens is 248 g/mol. The predicted molar refractivity (Wildman–Crippen MR) is 65.4 cm³/mol. The molecule has 2 aromatic rings. The first kappa shape index (κ1) is 11.4. The van der Waals surface area contributed by atoms with Crippen molar-refractivity contribution in [3.63, 3.8) is 0 Å². The number of carbonyl (C=O) groups excluding carboxylic acids is 2. The molecule has 2 aromatic heterocycles. The van der Waals surface area contributed by atoms with Gasteiger partial charge in [0.25, 0.3) is 0 Å². The Morgan fingerprint density at radius 2 is 2.16 bits per heavy atom. The monoisotopic (exact) mass is 258 g/mol. The Labute approximate surface area is 108 Å². The molecule has 0 saturated carbocycles. The molecule has 0 radical (unpaired) electrons. The lowest BCUT2D eigenvalue weighted by Crippen LogP contribution is -2.24. The average molecular weight is 258 g/mol. The third kappa shape index (κ3) is 2.05. The molecule has 3 heterocycles. The van der Waals surface area contributed by atoms with Crippen LogP contribution in [0.3, 0.4) is 0 Å². The first-order chi connectivity index (χ1) is 9.28. The molecule has 0 bridgehead atoms. The van der Waals surface area contributed by atoms with Crippen LogP contribution in [0.1, 0.15) is 10.4 Å². The topological polar surface area (TPSA) is 77.3 Å². The van der Waals surface area contributed by atoms with Crippen LogP contribution in [-0.2, 0) is 4.74 Å². The van der Waals surface area contributed by atoms with Gasteiger partial charge in [-0.3, -0.25) is 9.69 Å². The maximum absolute atomic E-state index is 11.5. The number of aldehydes is 1. The van der Waals surface area contributed by atoms with Gasteiger partial charge in [-0.2, -0.15) is 5.10 Å². The van der Waals surface area contributed by atoms with Crippen LogP contribution in [0.2, 0.25) is 0 Å². The van der Waals surface area contributed by atoms with E-state index in [1.54, 1.807) is 24.4 Å². The van der Waals surface area contributed by atoms with Gasteiger partial charge in [0.1, 0.15) is 12.4 Å². The minimum absolute atomic E-state index is 0.363. The molecule has 19 heavy (non-hydrogen) atoms. The maximum Gasteiger partial charge on any atom is 0.415 e. The van der Waals surface area contributed by atoms with Crippen molar-refractivity contribution < 1.29 is 14.3 Å². The lowest BCUT2D eigenvalue weighted by molar-refractivity contribution is 0.112. The third-order valence-corrected chi connectivity index (χ3v) is 2.73. The number of amides is 1. The molecule has 0 atom stereocenters. The van der Waals surface area contributed by atoms with Gasteiger partial charge in [0.2, 0.25) is 0 Å². The highest BCUT2D eigenvalue weighted by Crippen LogP contribution is 2.17. The molecule has 0 unspecified atom stereocenters. The van der Waals surface area contributed by atoms with E-state index in [1.807, 2.05) is 0 Å². The molecule has 0 spiro atoms. The normalized spacial score (nSPS) is 14.5. The van der Waals surface area contributed by atoms with E-state index in [4.69, 9.17) is 4.74 Å². The van der Waals surface area contributed by atoms with E-state index in [0.717, 1.165) is 0 Å². The third-order valence-electron chi connectivity index (χ3n) is 2.73. The predicted octanol–water partition coefficient (Wildman–Crippen LogP) is 1.04. The molecular formula is C12H10N4O3. The molecule has 1 amide bonds. The van der Waals surface area contributed by atoms with Gasteiger partial charge in [-0.05, 0) is 12.1 Å². The Hall–Kier alpha value is -2.70. The summed E-state index contributed by atoms with van der Waals surface area (Å²) in [7, 11) is 0. The van der Waals surface area contributed by atoms with Crippen molar-refractivity contribution in [3.05, 3.63) is 36.2 Å². The number of hydrogen-bond donors (Lipinski definition) is 0. The van der Waals surface area contributed by atoms with E-state index in [2.05, 4.69) is 10.1 Å². The van der Waals surface area contributed by atoms with Crippen LogP contribution in [-0.4, -0.2) is 40.3 Å². The molecule has 1 fully saturated rings. The molecule has 0 aromatic carbocycles. The van der Waals surface area contributed by atoms with Gasteiger partial charge in [0, 0.05) is 6.20 Å². The number of anilines is 1. The Morgan fingerprint density at radius 3 is 2.84 bits per heavy atom. The number of carbonyl (C=O) groups is 2. The molecule has 1 aliphatic rings.